The van der Waals surface area contributed by atoms with Gasteiger partial charge in [-0.1, -0.05) is 31.4 Å². The van der Waals surface area contributed by atoms with Gasteiger partial charge >= 0.3 is 0 Å². The molecule has 2 aromatic carbocycles. The predicted molar refractivity (Wildman–Crippen MR) is 121 cm³/mol. The second kappa shape index (κ2) is 9.19. The van der Waals surface area contributed by atoms with Crippen LogP contribution < -0.4 is 10.1 Å². The minimum Gasteiger partial charge on any atom is -0.495 e. The fraction of sp³-hybridized carbons (Fsp3) is 0.458. The van der Waals surface area contributed by atoms with Gasteiger partial charge in [0.05, 0.1) is 12.5 Å². The molecule has 1 saturated heterocycles. The summed E-state index contributed by atoms with van der Waals surface area (Å²) in [6.07, 6.45) is 5.67. The van der Waals surface area contributed by atoms with Crippen molar-refractivity contribution >= 4 is 21.6 Å². The number of ether oxygens (including phenoxy) is 1. The predicted octanol–water partition coefficient (Wildman–Crippen LogP) is 4.46. The molecule has 1 aliphatic heterocycles. The van der Waals surface area contributed by atoms with Crippen molar-refractivity contribution in [2.24, 2.45) is 0 Å². The Morgan fingerprint density at radius 1 is 1.03 bits per heavy atom. The van der Waals surface area contributed by atoms with Crippen LogP contribution in [0, 0.1) is 5.82 Å². The van der Waals surface area contributed by atoms with E-state index in [1.54, 1.807) is 24.3 Å². The van der Waals surface area contributed by atoms with E-state index >= 15 is 0 Å². The number of carbonyl (C=O) groups is 1. The number of piperidine rings is 1. The van der Waals surface area contributed by atoms with E-state index in [0.717, 1.165) is 32.1 Å². The standard InChI is InChI=1S/C24H29FN2O4S/c1-31-21-11-10-20(17-22(21)32(29,30)27-14-5-2-6-15-27)26-23(28)24(12-3-4-13-24)18-8-7-9-19(25)16-18/h7-11,16-17H,2-6,12-15H2,1H3,(H,26,28). The van der Waals surface area contributed by atoms with Gasteiger partial charge in [0.2, 0.25) is 15.9 Å². The molecule has 1 saturated carbocycles. The van der Waals surface area contributed by atoms with Gasteiger partial charge in [0.25, 0.3) is 0 Å². The van der Waals surface area contributed by atoms with Gasteiger partial charge in [0.1, 0.15) is 16.5 Å². The van der Waals surface area contributed by atoms with Crippen molar-refractivity contribution in [1.82, 2.24) is 4.31 Å². The molecule has 1 N–H and O–H groups in total. The second-order valence-corrected chi connectivity index (χ2v) is 10.5. The largest absolute Gasteiger partial charge is 0.495 e. The molecule has 1 aliphatic carbocycles. The second-order valence-electron chi connectivity index (χ2n) is 8.58. The highest BCUT2D eigenvalue weighted by molar-refractivity contribution is 7.89. The number of amides is 1. The van der Waals surface area contributed by atoms with Crippen LogP contribution in [0.3, 0.4) is 0 Å². The van der Waals surface area contributed by atoms with E-state index in [-0.39, 0.29) is 22.4 Å². The maximum absolute atomic E-state index is 13.9. The molecule has 0 unspecified atom stereocenters. The van der Waals surface area contributed by atoms with E-state index in [9.17, 15) is 17.6 Å². The first-order valence-electron chi connectivity index (χ1n) is 11.1. The summed E-state index contributed by atoms with van der Waals surface area (Å²) in [7, 11) is -2.32. The molecule has 1 heterocycles. The van der Waals surface area contributed by atoms with Crippen molar-refractivity contribution in [3.63, 3.8) is 0 Å². The molecule has 172 valence electrons. The topological polar surface area (TPSA) is 75.7 Å². The Kier molecular flexibility index (Phi) is 6.53. The highest BCUT2D eigenvalue weighted by Gasteiger charge is 2.43. The van der Waals surface area contributed by atoms with Crippen LogP contribution in [0.15, 0.2) is 47.4 Å². The zero-order valence-corrected chi connectivity index (χ0v) is 19.1. The van der Waals surface area contributed by atoms with Gasteiger partial charge in [-0.3, -0.25) is 4.79 Å². The number of nitrogens with zero attached hydrogens (tertiary/aromatic N) is 1. The minimum atomic E-state index is -3.75. The van der Waals surface area contributed by atoms with E-state index in [0.29, 0.717) is 37.2 Å². The van der Waals surface area contributed by atoms with E-state index < -0.39 is 15.4 Å². The summed E-state index contributed by atoms with van der Waals surface area (Å²) >= 11 is 0. The molecule has 0 spiro atoms. The third kappa shape index (κ3) is 4.26. The van der Waals surface area contributed by atoms with Crippen LogP contribution in [-0.2, 0) is 20.2 Å². The molecule has 2 fully saturated rings. The summed E-state index contributed by atoms with van der Waals surface area (Å²) in [5.74, 6) is -0.373. The summed E-state index contributed by atoms with van der Waals surface area (Å²) in [6.45, 7) is 0.954. The summed E-state index contributed by atoms with van der Waals surface area (Å²) in [4.78, 5) is 13.5. The SMILES string of the molecule is COc1ccc(NC(=O)C2(c3cccc(F)c3)CCCC2)cc1S(=O)(=O)N1CCCCC1. The number of carbonyl (C=O) groups excluding carboxylic acids is 1. The van der Waals surface area contributed by atoms with Crippen LogP contribution >= 0.6 is 0 Å². The first kappa shape index (κ1) is 22.7. The van der Waals surface area contributed by atoms with Crippen molar-refractivity contribution in [3.05, 3.63) is 53.8 Å². The van der Waals surface area contributed by atoms with Crippen molar-refractivity contribution in [1.29, 1.82) is 0 Å². The molecule has 0 aromatic heterocycles. The Labute approximate surface area is 188 Å². The number of methoxy groups -OCH3 is 1. The number of anilines is 1. The molecule has 1 amide bonds. The monoisotopic (exact) mass is 460 g/mol. The first-order chi connectivity index (χ1) is 15.4. The lowest BCUT2D eigenvalue weighted by Gasteiger charge is -2.29. The van der Waals surface area contributed by atoms with Gasteiger partial charge in [-0.2, -0.15) is 4.31 Å². The summed E-state index contributed by atoms with van der Waals surface area (Å²) in [5, 5.41) is 2.91. The molecule has 4 rings (SSSR count). The van der Waals surface area contributed by atoms with Gasteiger partial charge in [0, 0.05) is 18.8 Å². The Hall–Kier alpha value is -2.45. The molecule has 8 heteroatoms. The Morgan fingerprint density at radius 2 is 1.75 bits per heavy atom. The summed E-state index contributed by atoms with van der Waals surface area (Å²) in [5.41, 5.74) is 0.213. The lowest BCUT2D eigenvalue weighted by molar-refractivity contribution is -0.121. The van der Waals surface area contributed by atoms with Gasteiger partial charge < -0.3 is 10.1 Å². The first-order valence-corrected chi connectivity index (χ1v) is 12.6. The Balaban J connectivity index is 1.65. The number of nitrogens with one attached hydrogen (secondary N) is 1. The van der Waals surface area contributed by atoms with Crippen molar-refractivity contribution in [2.75, 3.05) is 25.5 Å². The Morgan fingerprint density at radius 3 is 2.41 bits per heavy atom. The van der Waals surface area contributed by atoms with Gasteiger partial charge in [-0.25, -0.2) is 12.8 Å². The number of hydrogen-bond donors (Lipinski definition) is 1. The molecular formula is C24H29FN2O4S. The third-order valence-electron chi connectivity index (χ3n) is 6.62. The quantitative estimate of drug-likeness (QED) is 0.691. The molecule has 0 bridgehead atoms. The van der Waals surface area contributed by atoms with Gasteiger partial charge in [-0.05, 0) is 61.6 Å². The number of halogens is 1. The van der Waals surface area contributed by atoms with E-state index in [1.807, 2.05) is 0 Å². The van der Waals surface area contributed by atoms with Crippen molar-refractivity contribution < 1.29 is 22.3 Å². The maximum atomic E-state index is 13.9. The normalized spacial score (nSPS) is 18.9. The van der Waals surface area contributed by atoms with Gasteiger partial charge in [0.15, 0.2) is 0 Å². The summed E-state index contributed by atoms with van der Waals surface area (Å²) < 4.78 is 47.3. The molecule has 0 radical (unpaired) electrons. The van der Waals surface area contributed by atoms with E-state index in [2.05, 4.69) is 5.32 Å². The number of benzene rings is 2. The van der Waals surface area contributed by atoms with Crippen LogP contribution in [0.1, 0.15) is 50.5 Å². The Bertz CT molecular complexity index is 1090. The average molecular weight is 461 g/mol. The highest BCUT2D eigenvalue weighted by Crippen LogP contribution is 2.42. The maximum Gasteiger partial charge on any atom is 0.246 e. The van der Waals surface area contributed by atoms with Crippen molar-refractivity contribution in [3.8, 4) is 5.75 Å². The van der Waals surface area contributed by atoms with Crippen LogP contribution in [0.25, 0.3) is 0 Å². The van der Waals surface area contributed by atoms with E-state index in [1.165, 1.54) is 29.6 Å². The zero-order chi connectivity index (χ0) is 22.8. The summed E-state index contributed by atoms with van der Waals surface area (Å²) in [6, 6.07) is 10.9. The smallest absolute Gasteiger partial charge is 0.246 e. The number of rotatable bonds is 6. The molecule has 32 heavy (non-hydrogen) atoms. The van der Waals surface area contributed by atoms with Gasteiger partial charge in [-0.15, -0.1) is 0 Å². The molecule has 2 aliphatic rings. The number of sulfonamides is 1. The molecule has 6 nitrogen and oxygen atoms in total. The highest BCUT2D eigenvalue weighted by atomic mass is 32.2. The fourth-order valence-corrected chi connectivity index (χ4v) is 6.56. The van der Waals surface area contributed by atoms with Crippen LogP contribution in [-0.4, -0.2) is 38.8 Å². The van der Waals surface area contributed by atoms with Crippen LogP contribution in [0.2, 0.25) is 0 Å². The number of hydrogen-bond acceptors (Lipinski definition) is 4. The average Bonchev–Trinajstić information content (AvgIpc) is 3.31. The van der Waals surface area contributed by atoms with E-state index in [4.69, 9.17) is 4.74 Å². The van der Waals surface area contributed by atoms with Crippen LogP contribution in [0.5, 0.6) is 5.75 Å². The van der Waals surface area contributed by atoms with Crippen LogP contribution in [0.4, 0.5) is 10.1 Å². The minimum absolute atomic E-state index is 0.0472. The molecule has 0 atom stereocenters. The lowest BCUT2D eigenvalue weighted by atomic mass is 9.78. The fourth-order valence-electron chi connectivity index (χ4n) is 4.86. The third-order valence-corrected chi connectivity index (χ3v) is 8.54. The molecule has 2 aromatic rings. The van der Waals surface area contributed by atoms with Crippen molar-refractivity contribution in [2.45, 2.75) is 55.3 Å². The lowest BCUT2D eigenvalue weighted by Crippen LogP contribution is -2.38. The zero-order valence-electron chi connectivity index (χ0n) is 18.3. The molecular weight excluding hydrogens is 431 g/mol.